The summed E-state index contributed by atoms with van der Waals surface area (Å²) in [6.45, 7) is 8.16. The molecule has 2 aliphatic heterocycles. The molecule has 0 radical (unpaired) electrons. The molecule has 2 heterocycles. The molecule has 2 aliphatic rings. The third-order valence-electron chi connectivity index (χ3n) is 8.24. The molecule has 3 atom stereocenters. The first-order valence-corrected chi connectivity index (χ1v) is 14.6. The van der Waals surface area contributed by atoms with Crippen molar-refractivity contribution in [2.45, 2.75) is 32.3 Å². The van der Waals surface area contributed by atoms with Crippen LogP contribution >= 0.6 is 11.6 Å². The van der Waals surface area contributed by atoms with Crippen LogP contribution < -0.4 is 14.4 Å². The molecule has 0 aliphatic carbocycles. The minimum atomic E-state index is -0.00571. The van der Waals surface area contributed by atoms with E-state index in [1.807, 2.05) is 47.4 Å². The number of anilines is 1. The summed E-state index contributed by atoms with van der Waals surface area (Å²) < 4.78 is 17.7. The molecule has 7 heteroatoms. The van der Waals surface area contributed by atoms with Crippen LogP contribution in [-0.4, -0.2) is 57.3 Å². The van der Waals surface area contributed by atoms with E-state index in [2.05, 4.69) is 49.1 Å². The van der Waals surface area contributed by atoms with Crippen LogP contribution in [0.25, 0.3) is 0 Å². The number of carbonyl (C=O) groups is 1. The lowest BCUT2D eigenvalue weighted by Crippen LogP contribution is -2.50. The van der Waals surface area contributed by atoms with Crippen LogP contribution in [0.5, 0.6) is 11.5 Å². The van der Waals surface area contributed by atoms with E-state index in [0.29, 0.717) is 43.2 Å². The molecule has 3 aromatic rings. The van der Waals surface area contributed by atoms with Gasteiger partial charge < -0.3 is 24.0 Å². The maximum Gasteiger partial charge on any atom is 0.260 e. The summed E-state index contributed by atoms with van der Waals surface area (Å²) in [5.41, 5.74) is 3.52. The molecule has 0 unspecified atom stereocenters. The maximum absolute atomic E-state index is 13.0. The van der Waals surface area contributed by atoms with Crippen molar-refractivity contribution in [3.8, 4) is 11.5 Å². The Bertz CT molecular complexity index is 1260. The summed E-state index contributed by atoms with van der Waals surface area (Å²) in [6, 6.07) is 24.2. The van der Waals surface area contributed by atoms with E-state index in [0.717, 1.165) is 41.5 Å². The summed E-state index contributed by atoms with van der Waals surface area (Å²) in [4.78, 5) is 17.1. The summed E-state index contributed by atoms with van der Waals surface area (Å²) in [7, 11) is 1.67. The van der Waals surface area contributed by atoms with Crippen LogP contribution in [0.2, 0.25) is 5.02 Å². The highest BCUT2D eigenvalue weighted by molar-refractivity contribution is 6.30. The molecular formula is C33H39ClN2O4. The van der Waals surface area contributed by atoms with Crippen molar-refractivity contribution in [1.82, 2.24) is 4.90 Å². The van der Waals surface area contributed by atoms with Gasteiger partial charge in [0.05, 0.1) is 19.8 Å². The molecule has 0 N–H and O–H groups in total. The van der Waals surface area contributed by atoms with Crippen LogP contribution in [0.1, 0.15) is 43.4 Å². The van der Waals surface area contributed by atoms with Crippen molar-refractivity contribution in [3.05, 3.63) is 88.9 Å². The molecule has 2 saturated heterocycles. The monoisotopic (exact) mass is 562 g/mol. The van der Waals surface area contributed by atoms with Crippen LogP contribution in [0.15, 0.2) is 72.8 Å². The van der Waals surface area contributed by atoms with Gasteiger partial charge in [-0.15, -0.1) is 0 Å². The van der Waals surface area contributed by atoms with E-state index in [4.69, 9.17) is 25.8 Å². The van der Waals surface area contributed by atoms with Crippen molar-refractivity contribution < 1.29 is 19.0 Å². The third-order valence-corrected chi connectivity index (χ3v) is 8.49. The Labute approximate surface area is 242 Å². The molecule has 3 aromatic carbocycles. The number of nitrogens with zero attached hydrogens (tertiary/aromatic N) is 2. The number of halogens is 1. The highest BCUT2D eigenvalue weighted by atomic mass is 35.5. The Balaban J connectivity index is 1.15. The van der Waals surface area contributed by atoms with Gasteiger partial charge in [0, 0.05) is 42.8 Å². The Hall–Kier alpha value is -3.22. The zero-order valence-electron chi connectivity index (χ0n) is 23.6. The quantitative estimate of drug-likeness (QED) is 0.310. The van der Waals surface area contributed by atoms with E-state index in [-0.39, 0.29) is 18.6 Å². The Morgan fingerprint density at radius 1 is 0.950 bits per heavy atom. The maximum atomic E-state index is 13.0. The molecule has 40 heavy (non-hydrogen) atoms. The first-order valence-electron chi connectivity index (χ1n) is 14.2. The van der Waals surface area contributed by atoms with E-state index >= 15 is 0 Å². The predicted octanol–water partition coefficient (Wildman–Crippen LogP) is 6.59. The lowest BCUT2D eigenvalue weighted by Gasteiger charge is -2.39. The van der Waals surface area contributed by atoms with Crippen LogP contribution in [0.4, 0.5) is 5.69 Å². The van der Waals surface area contributed by atoms with Gasteiger partial charge in [0.2, 0.25) is 0 Å². The molecule has 0 bridgehead atoms. The minimum absolute atomic E-state index is 0.00571. The number of carbonyl (C=O) groups excluding carboxylic acids is 1. The fraction of sp³-hybridized carbons (Fsp3) is 0.424. The summed E-state index contributed by atoms with van der Waals surface area (Å²) in [5, 5.41) is 0.755. The first kappa shape index (κ1) is 28.3. The lowest BCUT2D eigenvalue weighted by atomic mass is 9.76. The number of rotatable bonds is 8. The Morgan fingerprint density at radius 2 is 1.68 bits per heavy atom. The molecule has 212 valence electrons. The zero-order valence-corrected chi connectivity index (χ0v) is 24.3. The lowest BCUT2D eigenvalue weighted by molar-refractivity contribution is -0.133. The summed E-state index contributed by atoms with van der Waals surface area (Å²) in [5.74, 6) is 2.74. The van der Waals surface area contributed by atoms with Gasteiger partial charge in [0.15, 0.2) is 6.61 Å². The molecule has 1 amide bonds. The fourth-order valence-electron chi connectivity index (χ4n) is 5.82. The zero-order chi connectivity index (χ0) is 28.1. The molecule has 2 fully saturated rings. The SMILES string of the molecule is COc1ccc(N2CCN(C(=O)COc3cccc([C@@H]4OC[C@@H](c5ccc(Cl)cc5)C[C@H]4C(C)C)c3)CC2)cc1. The molecule has 0 saturated carbocycles. The van der Waals surface area contributed by atoms with Gasteiger partial charge in [-0.05, 0) is 77.9 Å². The summed E-state index contributed by atoms with van der Waals surface area (Å²) in [6.07, 6.45) is 1.05. The average Bonchev–Trinajstić information content (AvgIpc) is 3.00. The summed E-state index contributed by atoms with van der Waals surface area (Å²) >= 11 is 6.10. The number of hydrogen-bond donors (Lipinski definition) is 0. The topological polar surface area (TPSA) is 51.2 Å². The number of piperazine rings is 1. The average molecular weight is 563 g/mol. The van der Waals surface area contributed by atoms with Gasteiger partial charge in [-0.25, -0.2) is 0 Å². The number of benzene rings is 3. The second-order valence-electron chi connectivity index (χ2n) is 11.1. The van der Waals surface area contributed by atoms with Crippen molar-refractivity contribution in [1.29, 1.82) is 0 Å². The van der Waals surface area contributed by atoms with E-state index in [1.165, 1.54) is 5.56 Å². The number of amides is 1. The van der Waals surface area contributed by atoms with Crippen LogP contribution in [0.3, 0.4) is 0 Å². The van der Waals surface area contributed by atoms with Crippen LogP contribution in [-0.2, 0) is 9.53 Å². The number of ether oxygens (including phenoxy) is 3. The van der Waals surface area contributed by atoms with Gasteiger partial charge in [-0.2, -0.15) is 0 Å². The Morgan fingerprint density at radius 3 is 2.35 bits per heavy atom. The largest absolute Gasteiger partial charge is 0.497 e. The van der Waals surface area contributed by atoms with Crippen molar-refractivity contribution in [2.75, 3.05) is 51.4 Å². The van der Waals surface area contributed by atoms with Crippen molar-refractivity contribution in [2.24, 2.45) is 11.8 Å². The molecule has 0 aromatic heterocycles. The van der Waals surface area contributed by atoms with Gasteiger partial charge >= 0.3 is 0 Å². The Kier molecular flexibility index (Phi) is 9.18. The van der Waals surface area contributed by atoms with Gasteiger partial charge in [-0.1, -0.05) is 49.7 Å². The number of hydrogen-bond acceptors (Lipinski definition) is 5. The predicted molar refractivity (Wildman–Crippen MR) is 160 cm³/mol. The van der Waals surface area contributed by atoms with Crippen LogP contribution in [0, 0.1) is 11.8 Å². The second-order valence-corrected chi connectivity index (χ2v) is 11.5. The van der Waals surface area contributed by atoms with Crippen molar-refractivity contribution in [3.63, 3.8) is 0 Å². The van der Waals surface area contributed by atoms with E-state index < -0.39 is 0 Å². The molecule has 0 spiro atoms. The van der Waals surface area contributed by atoms with Crippen molar-refractivity contribution >= 4 is 23.2 Å². The minimum Gasteiger partial charge on any atom is -0.497 e. The second kappa shape index (κ2) is 13.0. The number of methoxy groups -OCH3 is 1. The highest BCUT2D eigenvalue weighted by Gasteiger charge is 2.35. The molecule has 5 rings (SSSR count). The molecular weight excluding hydrogens is 524 g/mol. The van der Waals surface area contributed by atoms with E-state index in [1.54, 1.807) is 7.11 Å². The van der Waals surface area contributed by atoms with Gasteiger partial charge in [0.1, 0.15) is 11.5 Å². The normalized spacial score (nSPS) is 21.4. The molecule has 6 nitrogen and oxygen atoms in total. The third kappa shape index (κ3) is 6.73. The standard InChI is InChI=1S/C33H39ClN2O4/c1-23(2)31-20-26(24-7-9-27(34)10-8-24)21-40-33(31)25-5-4-6-30(19-25)39-22-32(37)36-17-15-35(16-18-36)28-11-13-29(38-3)14-12-28/h4-14,19,23,26,31,33H,15-18,20-22H2,1-3H3/t26-,31-,33-/m0/s1. The van der Waals surface area contributed by atoms with E-state index in [9.17, 15) is 4.79 Å². The van der Waals surface area contributed by atoms with Gasteiger partial charge in [-0.3, -0.25) is 4.79 Å². The highest BCUT2D eigenvalue weighted by Crippen LogP contribution is 2.44. The van der Waals surface area contributed by atoms with Gasteiger partial charge in [0.25, 0.3) is 5.91 Å². The fourth-order valence-corrected chi connectivity index (χ4v) is 5.95. The smallest absolute Gasteiger partial charge is 0.260 e. The first-order chi connectivity index (χ1) is 19.4.